The van der Waals surface area contributed by atoms with E-state index < -0.39 is 5.25 Å². The summed E-state index contributed by atoms with van der Waals surface area (Å²) < 4.78 is 0. The van der Waals surface area contributed by atoms with Crippen molar-refractivity contribution < 1.29 is 9.59 Å². The zero-order chi connectivity index (χ0) is 14.5. The fraction of sp³-hybridized carbons (Fsp3) is 0.250. The molecule has 20 heavy (non-hydrogen) atoms. The Morgan fingerprint density at radius 2 is 2.40 bits per heavy atom. The number of nitrogens with one attached hydrogen (secondary N) is 3. The zero-order valence-electron chi connectivity index (χ0n) is 10.8. The molecule has 1 aromatic rings. The molecule has 2 amide bonds. The average Bonchev–Trinajstić information content (AvgIpc) is 2.97. The largest absolute Gasteiger partial charge is 0.358 e. The molecular weight excluding hydrogens is 296 g/mol. The van der Waals surface area contributed by atoms with Crippen LogP contribution in [0.4, 0.5) is 0 Å². The number of amidine groups is 1. The van der Waals surface area contributed by atoms with Gasteiger partial charge in [0.25, 0.3) is 0 Å². The van der Waals surface area contributed by atoms with Crippen LogP contribution in [0.5, 0.6) is 0 Å². The summed E-state index contributed by atoms with van der Waals surface area (Å²) in [7, 11) is 1.54. The maximum absolute atomic E-state index is 11.6. The van der Waals surface area contributed by atoms with Crippen molar-refractivity contribution >= 4 is 45.8 Å². The van der Waals surface area contributed by atoms with E-state index in [2.05, 4.69) is 27.7 Å². The number of amides is 2. The maximum atomic E-state index is 11.6. The number of rotatable bonds is 4. The second-order valence-electron chi connectivity index (χ2n) is 3.96. The van der Waals surface area contributed by atoms with Gasteiger partial charge >= 0.3 is 0 Å². The molecule has 1 atom stereocenters. The van der Waals surface area contributed by atoms with Crippen LogP contribution in [0.3, 0.4) is 0 Å². The molecule has 0 spiro atoms. The lowest BCUT2D eigenvalue weighted by molar-refractivity contribution is -0.125. The fourth-order valence-electron chi connectivity index (χ4n) is 1.53. The van der Waals surface area contributed by atoms with Crippen molar-refractivity contribution in [3.05, 3.63) is 29.0 Å². The third kappa shape index (κ3) is 3.61. The van der Waals surface area contributed by atoms with Gasteiger partial charge in [-0.2, -0.15) is 0 Å². The molecule has 0 saturated carbocycles. The van der Waals surface area contributed by atoms with Crippen molar-refractivity contribution in [2.75, 3.05) is 7.05 Å². The number of hydrazone groups is 1. The number of carbonyl (C=O) groups is 2. The zero-order valence-corrected chi connectivity index (χ0v) is 12.4. The predicted octanol–water partition coefficient (Wildman–Crippen LogP) is 0.947. The Bertz CT molecular complexity index is 554. The topological polar surface area (TPSA) is 82.6 Å². The van der Waals surface area contributed by atoms with Gasteiger partial charge in [0.1, 0.15) is 0 Å². The van der Waals surface area contributed by atoms with Crippen LogP contribution >= 0.6 is 23.1 Å². The molecule has 0 bridgehead atoms. The first-order valence-electron chi connectivity index (χ1n) is 5.84. The predicted molar refractivity (Wildman–Crippen MR) is 82.1 cm³/mol. The Hall–Kier alpha value is -1.80. The molecular formula is C12H14N4O2S2. The second-order valence-corrected chi connectivity index (χ2v) is 6.10. The highest BCUT2D eigenvalue weighted by atomic mass is 32.2. The highest BCUT2D eigenvalue weighted by Gasteiger charge is 2.29. The first kappa shape index (κ1) is 14.6. The van der Waals surface area contributed by atoms with Gasteiger partial charge in [-0.05, 0) is 11.4 Å². The van der Waals surface area contributed by atoms with E-state index in [1.165, 1.54) is 23.1 Å². The molecule has 2 heterocycles. The van der Waals surface area contributed by atoms with Gasteiger partial charge in [0.2, 0.25) is 11.8 Å². The van der Waals surface area contributed by atoms with Crippen molar-refractivity contribution in [2.45, 2.75) is 11.7 Å². The molecule has 8 heteroatoms. The number of hydrogen-bond acceptors (Lipinski definition) is 6. The smallest absolute Gasteiger partial charge is 0.233 e. The average molecular weight is 310 g/mol. The van der Waals surface area contributed by atoms with E-state index in [0.29, 0.717) is 10.9 Å². The third-order valence-corrected chi connectivity index (χ3v) is 4.53. The first-order valence-corrected chi connectivity index (χ1v) is 7.60. The minimum Gasteiger partial charge on any atom is -0.358 e. The molecule has 0 radical (unpaired) electrons. The SMILES string of the molecule is C=C(NN=C1NC(=O)CC(C(=O)NC)S1)c1cccs1. The number of thioether (sulfide) groups is 1. The van der Waals surface area contributed by atoms with E-state index in [-0.39, 0.29) is 18.2 Å². The van der Waals surface area contributed by atoms with E-state index in [1.54, 1.807) is 7.05 Å². The molecule has 0 aromatic carbocycles. The van der Waals surface area contributed by atoms with Gasteiger partial charge in [-0.3, -0.25) is 15.0 Å². The van der Waals surface area contributed by atoms with Crippen LogP contribution in [-0.4, -0.2) is 29.3 Å². The lowest BCUT2D eigenvalue weighted by atomic mass is 10.2. The van der Waals surface area contributed by atoms with Crippen LogP contribution in [0.15, 0.2) is 29.2 Å². The lowest BCUT2D eigenvalue weighted by Crippen LogP contribution is -2.43. The van der Waals surface area contributed by atoms with Gasteiger partial charge in [0.05, 0.1) is 15.8 Å². The van der Waals surface area contributed by atoms with Crippen LogP contribution in [0.25, 0.3) is 5.70 Å². The number of nitrogens with zero attached hydrogens (tertiary/aromatic N) is 1. The van der Waals surface area contributed by atoms with E-state index in [0.717, 1.165) is 4.88 Å². The molecule has 2 rings (SSSR count). The normalized spacial score (nSPS) is 20.4. The molecule has 1 aliphatic rings. The summed E-state index contributed by atoms with van der Waals surface area (Å²) in [4.78, 5) is 24.1. The molecule has 1 aromatic heterocycles. The lowest BCUT2D eigenvalue weighted by Gasteiger charge is -2.21. The Balaban J connectivity index is 2.00. The van der Waals surface area contributed by atoms with Crippen LogP contribution < -0.4 is 16.1 Å². The fourth-order valence-corrected chi connectivity index (χ4v) is 3.18. The van der Waals surface area contributed by atoms with Gasteiger partial charge in [-0.25, -0.2) is 0 Å². The molecule has 1 aliphatic heterocycles. The summed E-state index contributed by atoms with van der Waals surface area (Å²) in [6.07, 6.45) is 0.148. The minimum absolute atomic E-state index is 0.148. The van der Waals surface area contributed by atoms with Gasteiger partial charge in [-0.15, -0.1) is 16.4 Å². The number of carbonyl (C=O) groups excluding carboxylic acids is 2. The number of hydrogen-bond donors (Lipinski definition) is 3. The van der Waals surface area contributed by atoms with Gasteiger partial charge < -0.3 is 10.6 Å². The Kier molecular flexibility index (Phi) is 4.80. The molecule has 1 saturated heterocycles. The van der Waals surface area contributed by atoms with E-state index in [9.17, 15) is 9.59 Å². The van der Waals surface area contributed by atoms with Crippen molar-refractivity contribution in [3.63, 3.8) is 0 Å². The van der Waals surface area contributed by atoms with Crippen LogP contribution in [0, 0.1) is 0 Å². The second kappa shape index (κ2) is 6.58. The van der Waals surface area contributed by atoms with E-state index in [4.69, 9.17) is 0 Å². The first-order chi connectivity index (χ1) is 9.60. The highest BCUT2D eigenvalue weighted by molar-refractivity contribution is 8.15. The summed E-state index contributed by atoms with van der Waals surface area (Å²) in [6.45, 7) is 3.86. The van der Waals surface area contributed by atoms with Gasteiger partial charge in [-0.1, -0.05) is 24.4 Å². The summed E-state index contributed by atoms with van der Waals surface area (Å²) in [5.74, 6) is -0.408. The summed E-state index contributed by atoms with van der Waals surface area (Å²) in [5, 5.41) is 11.1. The highest BCUT2D eigenvalue weighted by Crippen LogP contribution is 2.21. The molecule has 6 nitrogen and oxygen atoms in total. The van der Waals surface area contributed by atoms with Gasteiger partial charge in [0.15, 0.2) is 5.17 Å². The summed E-state index contributed by atoms with van der Waals surface area (Å²) >= 11 is 2.75. The number of thiophene rings is 1. The summed E-state index contributed by atoms with van der Waals surface area (Å²) in [5.41, 5.74) is 3.43. The van der Waals surface area contributed by atoms with Crippen molar-refractivity contribution in [3.8, 4) is 0 Å². The third-order valence-electron chi connectivity index (χ3n) is 2.52. The quantitative estimate of drug-likeness (QED) is 0.723. The van der Waals surface area contributed by atoms with Crippen molar-refractivity contribution in [2.24, 2.45) is 5.10 Å². The van der Waals surface area contributed by atoms with Crippen molar-refractivity contribution in [1.29, 1.82) is 0 Å². The van der Waals surface area contributed by atoms with Crippen molar-refractivity contribution in [1.82, 2.24) is 16.1 Å². The molecule has 1 unspecified atom stereocenters. The standard InChI is InChI=1S/C12H14N4O2S2/c1-7(8-4-3-5-19-8)15-16-12-14-10(17)6-9(20-12)11(18)13-2/h3-5,9,15H,1,6H2,2H3,(H,13,18)(H,14,16,17). The van der Waals surface area contributed by atoms with Crippen LogP contribution in [0.1, 0.15) is 11.3 Å². The Labute approximate surface area is 124 Å². The van der Waals surface area contributed by atoms with Crippen LogP contribution in [-0.2, 0) is 9.59 Å². The monoisotopic (exact) mass is 310 g/mol. The molecule has 0 aliphatic carbocycles. The van der Waals surface area contributed by atoms with E-state index >= 15 is 0 Å². The molecule has 106 valence electrons. The van der Waals surface area contributed by atoms with Gasteiger partial charge in [0, 0.05) is 13.5 Å². The Morgan fingerprint density at radius 1 is 1.60 bits per heavy atom. The minimum atomic E-state index is -0.454. The Morgan fingerprint density at radius 3 is 3.05 bits per heavy atom. The molecule has 1 fully saturated rings. The summed E-state index contributed by atoms with van der Waals surface area (Å²) in [6, 6.07) is 3.83. The van der Waals surface area contributed by atoms with E-state index in [1.807, 2.05) is 17.5 Å². The maximum Gasteiger partial charge on any atom is 0.233 e. The van der Waals surface area contributed by atoms with Crippen LogP contribution in [0.2, 0.25) is 0 Å². The molecule has 3 N–H and O–H groups in total.